The average Bonchev–Trinajstić information content (AvgIpc) is 3.35. The van der Waals surface area contributed by atoms with Gasteiger partial charge in [0, 0.05) is 57.4 Å². The minimum atomic E-state index is -0.0319. The van der Waals surface area contributed by atoms with Crippen molar-refractivity contribution in [2.75, 3.05) is 50.9 Å². The fourth-order valence-electron chi connectivity index (χ4n) is 5.02. The third-order valence-corrected chi connectivity index (χ3v) is 9.22. The molecule has 0 amide bonds. The monoisotopic (exact) mass is 969 g/mol. The second-order valence-electron chi connectivity index (χ2n) is 12.8. The molecule has 0 spiro atoms. The molecule has 0 aliphatic carbocycles. The summed E-state index contributed by atoms with van der Waals surface area (Å²) >= 11 is 14.1. The Bertz CT molecular complexity index is 2160. The van der Waals surface area contributed by atoms with E-state index in [1.54, 1.807) is 42.5 Å². The number of phenols is 1. The van der Waals surface area contributed by atoms with Crippen LogP contribution in [0.15, 0.2) is 164 Å². The van der Waals surface area contributed by atoms with Gasteiger partial charge in [-0.25, -0.2) is 0 Å². The van der Waals surface area contributed by atoms with E-state index in [0.717, 1.165) is 48.5 Å². The number of nitrogens with two attached hydrogens (primary N) is 1. The summed E-state index contributed by atoms with van der Waals surface area (Å²) in [5.41, 5.74) is 8.48. The van der Waals surface area contributed by atoms with Crippen LogP contribution in [0.25, 0.3) is 0 Å². The van der Waals surface area contributed by atoms with Crippen molar-refractivity contribution < 1.29 is 29.0 Å². The number of hydrogen-bond donors (Lipinski definition) is 3. The first-order valence-electron chi connectivity index (χ1n) is 20.5. The molecule has 0 aromatic heterocycles. The number of hydrogen-bond acceptors (Lipinski definition) is 9. The second kappa shape index (κ2) is 36.7. The topological polar surface area (TPSA) is 152 Å². The van der Waals surface area contributed by atoms with E-state index in [2.05, 4.69) is 27.0 Å². The zero-order chi connectivity index (χ0) is 47.2. The van der Waals surface area contributed by atoms with Gasteiger partial charge in [0.15, 0.2) is 17.3 Å². The number of halogens is 3. The van der Waals surface area contributed by atoms with Gasteiger partial charge in [-0.15, -0.1) is 23.2 Å². The zero-order valence-corrected chi connectivity index (χ0v) is 39.7. The maximum Gasteiger partial charge on any atom is 0.193 e. The third kappa shape index (κ3) is 23.6. The van der Waals surface area contributed by atoms with Crippen molar-refractivity contribution in [2.24, 2.45) is 5.73 Å². The Balaban J connectivity index is 0.000000437. The molecule has 338 valence electrons. The van der Waals surface area contributed by atoms with E-state index in [4.69, 9.17) is 43.0 Å². The Labute approximate surface area is 397 Å². The van der Waals surface area contributed by atoms with Crippen LogP contribution >= 0.6 is 39.1 Å². The molecular weight excluding hydrogens is 913 g/mol. The highest BCUT2D eigenvalue weighted by Gasteiger charge is 2.10. The van der Waals surface area contributed by atoms with Gasteiger partial charge in [0.05, 0.1) is 19.3 Å². The van der Waals surface area contributed by atoms with E-state index in [-0.39, 0.29) is 23.1 Å². The van der Waals surface area contributed by atoms with Crippen LogP contribution in [-0.2, 0) is 0 Å². The Kier molecular flexibility index (Phi) is 32.2. The van der Waals surface area contributed by atoms with Crippen molar-refractivity contribution in [1.29, 1.82) is 5.26 Å². The van der Waals surface area contributed by atoms with Gasteiger partial charge < -0.3 is 25.6 Å². The lowest BCUT2D eigenvalue weighted by Gasteiger charge is -2.07. The SMILES string of the molecule is CC#N.CN.CNCCCOc1ccc(C(=O)c2ccccc2)cc1.ClCCCBr.O=C(c1ccccc1)c1ccc(O)cc1.O=C(c1ccccc1)c1ccc(OCCCCl)cc1. The third-order valence-electron chi connectivity index (χ3n) is 8.12. The number of rotatable bonds is 17. The molecule has 0 atom stereocenters. The average molecular weight is 972 g/mol. The number of benzene rings is 6. The predicted molar refractivity (Wildman–Crippen MR) is 266 cm³/mol. The van der Waals surface area contributed by atoms with E-state index in [9.17, 15) is 14.4 Å². The quantitative estimate of drug-likeness (QED) is 0.0461. The van der Waals surface area contributed by atoms with Crippen LogP contribution in [0.2, 0.25) is 0 Å². The van der Waals surface area contributed by atoms with E-state index in [1.807, 2.05) is 122 Å². The van der Waals surface area contributed by atoms with E-state index in [1.165, 1.54) is 26.1 Å². The molecule has 6 rings (SSSR count). The predicted octanol–water partition coefficient (Wildman–Crippen LogP) is 11.6. The van der Waals surface area contributed by atoms with Crippen molar-refractivity contribution in [3.8, 4) is 23.3 Å². The summed E-state index contributed by atoms with van der Waals surface area (Å²) in [5, 5.41) is 20.5. The fourth-order valence-corrected chi connectivity index (χ4v) is 5.87. The summed E-state index contributed by atoms with van der Waals surface area (Å²) in [6.07, 6.45) is 2.84. The summed E-state index contributed by atoms with van der Waals surface area (Å²) in [7, 11) is 3.42. The fraction of sp³-hybridized carbons (Fsp3) is 0.231. The molecule has 0 saturated heterocycles. The number of carbonyl (C=O) groups is 3. The molecular formula is C52H58BrCl2N3O6. The van der Waals surface area contributed by atoms with Crippen molar-refractivity contribution >= 4 is 56.5 Å². The molecule has 0 aliphatic heterocycles. The largest absolute Gasteiger partial charge is 0.508 e. The van der Waals surface area contributed by atoms with Gasteiger partial charge in [-0.2, -0.15) is 5.26 Å². The molecule has 64 heavy (non-hydrogen) atoms. The van der Waals surface area contributed by atoms with Crippen LogP contribution in [0.3, 0.4) is 0 Å². The number of carbonyl (C=O) groups excluding carboxylic acids is 3. The Morgan fingerprint density at radius 2 is 0.859 bits per heavy atom. The number of nitrogens with one attached hydrogen (secondary N) is 1. The summed E-state index contributed by atoms with van der Waals surface area (Å²) in [4.78, 5) is 36.2. The lowest BCUT2D eigenvalue weighted by atomic mass is 10.0. The number of nitrogens with zero attached hydrogens (tertiary/aromatic N) is 1. The molecule has 6 aromatic carbocycles. The highest BCUT2D eigenvalue weighted by atomic mass is 79.9. The van der Waals surface area contributed by atoms with Crippen molar-refractivity contribution in [3.05, 3.63) is 197 Å². The molecule has 9 nitrogen and oxygen atoms in total. The lowest BCUT2D eigenvalue weighted by molar-refractivity contribution is 0.103. The van der Waals surface area contributed by atoms with Gasteiger partial charge in [0.25, 0.3) is 0 Å². The minimum Gasteiger partial charge on any atom is -0.508 e. The van der Waals surface area contributed by atoms with E-state index >= 15 is 0 Å². The van der Waals surface area contributed by atoms with Crippen LogP contribution in [0.1, 0.15) is 74.0 Å². The summed E-state index contributed by atoms with van der Waals surface area (Å²) < 4.78 is 11.1. The number of phenolic OH excluding ortho intramolecular Hbond substituents is 1. The van der Waals surface area contributed by atoms with Crippen LogP contribution in [0, 0.1) is 11.3 Å². The Morgan fingerprint density at radius 3 is 1.14 bits per heavy atom. The smallest absolute Gasteiger partial charge is 0.193 e. The first-order chi connectivity index (χ1) is 31.2. The number of nitriles is 1. The molecule has 0 heterocycles. The van der Waals surface area contributed by atoms with Gasteiger partial charge in [0.1, 0.15) is 17.2 Å². The molecule has 0 bridgehead atoms. The Hall–Kier alpha value is -5.80. The van der Waals surface area contributed by atoms with Gasteiger partial charge in [-0.05, 0) is 113 Å². The maximum absolute atomic E-state index is 12.2. The van der Waals surface area contributed by atoms with Gasteiger partial charge in [-0.3, -0.25) is 14.4 Å². The Morgan fingerprint density at radius 1 is 0.562 bits per heavy atom. The number of ether oxygens (including phenoxy) is 2. The van der Waals surface area contributed by atoms with Crippen molar-refractivity contribution in [2.45, 2.75) is 26.2 Å². The molecule has 0 fully saturated rings. The van der Waals surface area contributed by atoms with Gasteiger partial charge >= 0.3 is 0 Å². The standard InChI is InChI=1S/C17H19NO2.C16H15ClO2.C13H10O2.C3H6BrCl.C2H3N.CH5N/c1-18-12-5-13-20-16-10-8-15(9-11-16)17(19)14-6-3-2-4-7-14;17-11-4-12-19-15-9-7-14(8-10-15)16(18)13-5-2-1-3-6-13;14-12-8-6-11(7-9-12)13(15)10-4-2-1-3-5-10;4-2-1-3-5;1-2-3;1-2/h2-4,6-11,18H,5,12-13H2,1H3;1-3,5-10H,4,11-12H2;1-9,14H;1-3H2;1H3;2H2,1H3. The minimum absolute atomic E-state index is 0.0212. The van der Waals surface area contributed by atoms with Crippen LogP contribution < -0.4 is 20.5 Å². The first kappa shape index (κ1) is 56.2. The first-order valence-corrected chi connectivity index (χ1v) is 22.7. The molecule has 4 N–H and O–H groups in total. The summed E-state index contributed by atoms with van der Waals surface area (Å²) in [6, 6.07) is 50.1. The number of alkyl halides is 3. The van der Waals surface area contributed by atoms with Crippen LogP contribution in [0.4, 0.5) is 0 Å². The number of aromatic hydroxyl groups is 1. The number of ketones is 3. The van der Waals surface area contributed by atoms with Crippen LogP contribution in [-0.4, -0.2) is 73.4 Å². The van der Waals surface area contributed by atoms with Crippen molar-refractivity contribution in [3.63, 3.8) is 0 Å². The van der Waals surface area contributed by atoms with E-state index in [0.29, 0.717) is 52.5 Å². The summed E-state index contributed by atoms with van der Waals surface area (Å²) in [5.74, 6) is 3.10. The highest BCUT2D eigenvalue weighted by Crippen LogP contribution is 2.18. The second-order valence-corrected chi connectivity index (χ2v) is 14.4. The van der Waals surface area contributed by atoms with Crippen molar-refractivity contribution in [1.82, 2.24) is 5.32 Å². The lowest BCUT2D eigenvalue weighted by Crippen LogP contribution is -2.11. The normalized spacial score (nSPS) is 9.41. The van der Waals surface area contributed by atoms with E-state index < -0.39 is 0 Å². The molecule has 0 unspecified atom stereocenters. The zero-order valence-electron chi connectivity index (χ0n) is 36.6. The highest BCUT2D eigenvalue weighted by molar-refractivity contribution is 9.09. The molecule has 6 aromatic rings. The van der Waals surface area contributed by atoms with Crippen LogP contribution in [0.5, 0.6) is 17.2 Å². The molecule has 0 aliphatic rings. The van der Waals surface area contributed by atoms with Gasteiger partial charge in [0.2, 0.25) is 0 Å². The molecule has 12 heteroatoms. The maximum atomic E-state index is 12.2. The molecule has 0 radical (unpaired) electrons. The molecule has 0 saturated carbocycles. The van der Waals surface area contributed by atoms with Gasteiger partial charge in [-0.1, -0.05) is 107 Å². The summed E-state index contributed by atoms with van der Waals surface area (Å²) in [6.45, 7) is 3.63.